The molecule has 6 heteroatoms. The summed E-state index contributed by atoms with van der Waals surface area (Å²) in [4.78, 5) is 12.5. The van der Waals surface area contributed by atoms with Crippen molar-refractivity contribution in [3.05, 3.63) is 72.1 Å². The Morgan fingerprint density at radius 1 is 1.08 bits per heavy atom. The number of rotatable bonds is 4. The second kappa shape index (κ2) is 7.31. The van der Waals surface area contributed by atoms with Crippen molar-refractivity contribution in [1.82, 2.24) is 15.1 Å². The zero-order valence-electron chi connectivity index (χ0n) is 14.2. The molecule has 0 saturated heterocycles. The third-order valence-corrected chi connectivity index (χ3v) is 4.14. The number of hydrogen-bond donors (Lipinski definition) is 1. The Morgan fingerprint density at radius 3 is 2.81 bits per heavy atom. The Kier molecular flexibility index (Phi) is 4.55. The molecule has 1 aliphatic rings. The topological polar surface area (TPSA) is 65.4 Å². The molecular formula is C20H19N3O3. The number of amides is 1. The second-order valence-corrected chi connectivity index (χ2v) is 6.02. The van der Waals surface area contributed by atoms with Gasteiger partial charge in [-0.15, -0.1) is 0 Å². The molecule has 0 radical (unpaired) electrons. The van der Waals surface area contributed by atoms with Gasteiger partial charge in [-0.3, -0.25) is 4.79 Å². The van der Waals surface area contributed by atoms with E-state index in [2.05, 4.69) is 10.4 Å². The van der Waals surface area contributed by atoms with E-state index < -0.39 is 0 Å². The lowest BCUT2D eigenvalue weighted by Crippen LogP contribution is -2.23. The molecule has 0 saturated carbocycles. The van der Waals surface area contributed by atoms with Gasteiger partial charge < -0.3 is 14.8 Å². The van der Waals surface area contributed by atoms with Gasteiger partial charge in [0.15, 0.2) is 11.5 Å². The van der Waals surface area contributed by atoms with E-state index in [1.165, 1.54) is 0 Å². The SMILES string of the molecule is O=C(NCc1ccc2c(c1)OCCCO2)c1cccc(-n2cccn2)c1. The fourth-order valence-corrected chi connectivity index (χ4v) is 2.81. The molecule has 1 amide bonds. The van der Waals surface area contributed by atoms with Crippen LogP contribution in [0.3, 0.4) is 0 Å². The summed E-state index contributed by atoms with van der Waals surface area (Å²) in [7, 11) is 0. The summed E-state index contributed by atoms with van der Waals surface area (Å²) in [5, 5.41) is 7.13. The van der Waals surface area contributed by atoms with E-state index in [9.17, 15) is 4.79 Å². The Bertz CT molecular complexity index is 906. The number of nitrogens with zero attached hydrogens (tertiary/aromatic N) is 2. The van der Waals surface area contributed by atoms with Crippen molar-refractivity contribution >= 4 is 5.91 Å². The molecule has 4 rings (SSSR count). The summed E-state index contributed by atoms with van der Waals surface area (Å²) in [6, 6.07) is 15.0. The van der Waals surface area contributed by atoms with E-state index in [1.807, 2.05) is 48.7 Å². The summed E-state index contributed by atoms with van der Waals surface area (Å²) in [6.45, 7) is 1.72. The van der Waals surface area contributed by atoms with Crippen molar-refractivity contribution in [2.75, 3.05) is 13.2 Å². The fourth-order valence-electron chi connectivity index (χ4n) is 2.81. The largest absolute Gasteiger partial charge is 0.490 e. The third kappa shape index (κ3) is 3.54. The van der Waals surface area contributed by atoms with Gasteiger partial charge in [0, 0.05) is 30.9 Å². The zero-order valence-corrected chi connectivity index (χ0v) is 14.2. The predicted octanol–water partition coefficient (Wildman–Crippen LogP) is 2.96. The number of carbonyl (C=O) groups is 1. The van der Waals surface area contributed by atoms with Crippen molar-refractivity contribution in [3.8, 4) is 17.2 Å². The quantitative estimate of drug-likeness (QED) is 0.786. The van der Waals surface area contributed by atoms with Crippen molar-refractivity contribution < 1.29 is 14.3 Å². The van der Waals surface area contributed by atoms with Crippen LogP contribution in [0.2, 0.25) is 0 Å². The van der Waals surface area contributed by atoms with Gasteiger partial charge in [-0.1, -0.05) is 12.1 Å². The van der Waals surface area contributed by atoms with Crippen LogP contribution in [-0.4, -0.2) is 28.9 Å². The number of nitrogens with one attached hydrogen (secondary N) is 1. The maximum Gasteiger partial charge on any atom is 0.251 e. The summed E-state index contributed by atoms with van der Waals surface area (Å²) >= 11 is 0. The number of carbonyl (C=O) groups excluding carboxylic acids is 1. The number of aromatic nitrogens is 2. The van der Waals surface area contributed by atoms with Crippen LogP contribution in [-0.2, 0) is 6.54 Å². The molecule has 0 atom stereocenters. The molecule has 0 unspecified atom stereocenters. The van der Waals surface area contributed by atoms with E-state index in [0.29, 0.717) is 25.3 Å². The maximum absolute atomic E-state index is 12.5. The van der Waals surface area contributed by atoms with Crippen molar-refractivity contribution in [3.63, 3.8) is 0 Å². The van der Waals surface area contributed by atoms with Crippen molar-refractivity contribution in [2.24, 2.45) is 0 Å². The zero-order chi connectivity index (χ0) is 17.8. The van der Waals surface area contributed by atoms with Crippen LogP contribution >= 0.6 is 0 Å². The van der Waals surface area contributed by atoms with Gasteiger partial charge in [-0.2, -0.15) is 5.10 Å². The number of fused-ring (bicyclic) bond motifs is 1. The van der Waals surface area contributed by atoms with Gasteiger partial charge in [-0.25, -0.2) is 4.68 Å². The fraction of sp³-hybridized carbons (Fsp3) is 0.200. The van der Waals surface area contributed by atoms with Gasteiger partial charge in [0.2, 0.25) is 0 Å². The first-order valence-corrected chi connectivity index (χ1v) is 8.56. The van der Waals surface area contributed by atoms with Crippen LogP contribution in [0.5, 0.6) is 11.5 Å². The van der Waals surface area contributed by atoms with Gasteiger partial charge in [0.05, 0.1) is 18.9 Å². The van der Waals surface area contributed by atoms with Crippen LogP contribution in [0.15, 0.2) is 60.9 Å². The first-order valence-electron chi connectivity index (χ1n) is 8.56. The highest BCUT2D eigenvalue weighted by molar-refractivity contribution is 5.94. The van der Waals surface area contributed by atoms with E-state index in [1.54, 1.807) is 16.9 Å². The molecule has 0 fully saturated rings. The molecule has 0 aliphatic carbocycles. The molecular weight excluding hydrogens is 330 g/mol. The van der Waals surface area contributed by atoms with Crippen LogP contribution in [0.1, 0.15) is 22.3 Å². The predicted molar refractivity (Wildman–Crippen MR) is 96.8 cm³/mol. The van der Waals surface area contributed by atoms with E-state index in [0.717, 1.165) is 29.2 Å². The summed E-state index contributed by atoms with van der Waals surface area (Å²) in [5.41, 5.74) is 2.40. The molecule has 26 heavy (non-hydrogen) atoms. The van der Waals surface area contributed by atoms with Crippen LogP contribution in [0.4, 0.5) is 0 Å². The Labute approximate surface area is 151 Å². The molecule has 1 N–H and O–H groups in total. The highest BCUT2D eigenvalue weighted by Crippen LogP contribution is 2.30. The first-order chi connectivity index (χ1) is 12.8. The molecule has 1 aliphatic heterocycles. The highest BCUT2D eigenvalue weighted by atomic mass is 16.5. The average molecular weight is 349 g/mol. The van der Waals surface area contributed by atoms with Gasteiger partial charge in [0.25, 0.3) is 5.91 Å². The Balaban J connectivity index is 1.44. The molecule has 0 bridgehead atoms. The number of hydrogen-bond acceptors (Lipinski definition) is 4. The van der Waals surface area contributed by atoms with E-state index in [-0.39, 0.29) is 5.91 Å². The molecule has 6 nitrogen and oxygen atoms in total. The van der Waals surface area contributed by atoms with Gasteiger partial charge in [0.1, 0.15) is 0 Å². The Morgan fingerprint density at radius 2 is 1.96 bits per heavy atom. The van der Waals surface area contributed by atoms with Gasteiger partial charge >= 0.3 is 0 Å². The molecule has 3 aromatic rings. The Hall–Kier alpha value is -3.28. The number of benzene rings is 2. The van der Waals surface area contributed by atoms with Crippen LogP contribution in [0, 0.1) is 0 Å². The van der Waals surface area contributed by atoms with Crippen molar-refractivity contribution in [1.29, 1.82) is 0 Å². The minimum atomic E-state index is -0.133. The minimum absolute atomic E-state index is 0.133. The minimum Gasteiger partial charge on any atom is -0.490 e. The summed E-state index contributed by atoms with van der Waals surface area (Å²) < 4.78 is 13.0. The monoisotopic (exact) mass is 349 g/mol. The van der Waals surface area contributed by atoms with Crippen LogP contribution < -0.4 is 14.8 Å². The first kappa shape index (κ1) is 16.2. The molecule has 2 heterocycles. The average Bonchev–Trinajstić information content (AvgIpc) is 3.12. The molecule has 2 aromatic carbocycles. The maximum atomic E-state index is 12.5. The molecule has 1 aromatic heterocycles. The lowest BCUT2D eigenvalue weighted by molar-refractivity contribution is 0.0951. The van der Waals surface area contributed by atoms with E-state index >= 15 is 0 Å². The lowest BCUT2D eigenvalue weighted by Gasteiger charge is -2.11. The molecule has 0 spiro atoms. The second-order valence-electron chi connectivity index (χ2n) is 6.02. The standard InChI is InChI=1S/C20H19N3O3/c24-20(16-4-1-5-17(13-16)23-9-2-8-22-23)21-14-15-6-7-18-19(12-15)26-11-3-10-25-18/h1-2,4-9,12-13H,3,10-11,14H2,(H,21,24). The van der Waals surface area contributed by atoms with Crippen LogP contribution in [0.25, 0.3) is 5.69 Å². The molecule has 132 valence electrons. The number of ether oxygens (including phenoxy) is 2. The summed E-state index contributed by atoms with van der Waals surface area (Å²) in [5.74, 6) is 1.35. The normalized spacial score (nSPS) is 13.1. The summed E-state index contributed by atoms with van der Waals surface area (Å²) in [6.07, 6.45) is 4.42. The van der Waals surface area contributed by atoms with Gasteiger partial charge in [-0.05, 0) is 42.0 Å². The van der Waals surface area contributed by atoms with E-state index in [4.69, 9.17) is 9.47 Å². The third-order valence-electron chi connectivity index (χ3n) is 4.14. The highest BCUT2D eigenvalue weighted by Gasteiger charge is 2.12. The lowest BCUT2D eigenvalue weighted by atomic mass is 10.1. The smallest absolute Gasteiger partial charge is 0.251 e. The van der Waals surface area contributed by atoms with Crippen molar-refractivity contribution in [2.45, 2.75) is 13.0 Å².